The lowest BCUT2D eigenvalue weighted by molar-refractivity contribution is 0.670. The number of fused-ring (bicyclic) bond motifs is 5. The summed E-state index contributed by atoms with van der Waals surface area (Å²) in [5.41, 5.74) is 12.9. The van der Waals surface area contributed by atoms with Crippen molar-refractivity contribution in [2.75, 3.05) is 0 Å². The van der Waals surface area contributed by atoms with E-state index in [9.17, 15) is 0 Å². The summed E-state index contributed by atoms with van der Waals surface area (Å²) in [7, 11) is 0. The van der Waals surface area contributed by atoms with Crippen molar-refractivity contribution in [3.05, 3.63) is 188 Å². The van der Waals surface area contributed by atoms with Gasteiger partial charge in [0.05, 0.1) is 11.4 Å². The van der Waals surface area contributed by atoms with Crippen LogP contribution in [0.1, 0.15) is 0 Å². The van der Waals surface area contributed by atoms with Crippen molar-refractivity contribution in [3.63, 3.8) is 0 Å². The summed E-state index contributed by atoms with van der Waals surface area (Å²) in [6, 6.07) is 66.8. The smallest absolute Gasteiger partial charge is 0.143 e. The molecule has 0 aliphatic carbocycles. The molecule has 2 nitrogen and oxygen atoms in total. The molecule has 10 aromatic rings. The fourth-order valence-electron chi connectivity index (χ4n) is 7.76. The molecule has 2 heterocycles. The largest absolute Gasteiger partial charge is 0.455 e. The number of nitrogens with zero attached hydrogens (tertiary/aromatic N) is 1. The highest BCUT2D eigenvalue weighted by Crippen LogP contribution is 2.46. The summed E-state index contributed by atoms with van der Waals surface area (Å²) in [6.45, 7) is 0. The molecule has 0 spiro atoms. The molecule has 51 heavy (non-hydrogen) atoms. The van der Waals surface area contributed by atoms with Crippen molar-refractivity contribution in [1.82, 2.24) is 4.98 Å². The lowest BCUT2D eigenvalue weighted by Crippen LogP contribution is -1.94. The van der Waals surface area contributed by atoms with Crippen LogP contribution in [0.5, 0.6) is 0 Å². The molecular weight excluding hydrogens is 619 g/mol. The molecule has 0 unspecified atom stereocenters. The SMILES string of the molecule is c1ccc(-c2cc(-c3c4ccccc4c(-c4cccc(-c5cccc6c5oc5ccccc56)c4)c4ccccc34)cc(-c3ccccc3)n2)cc1. The van der Waals surface area contributed by atoms with Crippen LogP contribution >= 0.6 is 0 Å². The average molecular weight is 650 g/mol. The zero-order valence-electron chi connectivity index (χ0n) is 27.8. The number of aromatic nitrogens is 1. The maximum Gasteiger partial charge on any atom is 0.143 e. The molecule has 0 amide bonds. The Balaban J connectivity index is 1.22. The Kier molecular flexibility index (Phi) is 6.85. The van der Waals surface area contributed by atoms with Crippen molar-refractivity contribution in [1.29, 1.82) is 0 Å². The van der Waals surface area contributed by atoms with E-state index in [0.717, 1.165) is 61.1 Å². The Labute approximate surface area is 295 Å². The zero-order valence-corrected chi connectivity index (χ0v) is 27.8. The number of pyridine rings is 1. The summed E-state index contributed by atoms with van der Waals surface area (Å²) >= 11 is 0. The number of para-hydroxylation sites is 2. The summed E-state index contributed by atoms with van der Waals surface area (Å²) in [4.78, 5) is 5.19. The van der Waals surface area contributed by atoms with Gasteiger partial charge in [-0.1, -0.05) is 164 Å². The molecule has 0 fully saturated rings. The van der Waals surface area contributed by atoms with Crippen LogP contribution in [0.4, 0.5) is 0 Å². The highest BCUT2D eigenvalue weighted by molar-refractivity contribution is 6.22. The quantitative estimate of drug-likeness (QED) is 0.173. The first-order valence-electron chi connectivity index (χ1n) is 17.4. The molecule has 0 saturated carbocycles. The molecule has 8 aromatic carbocycles. The van der Waals surface area contributed by atoms with E-state index in [1.54, 1.807) is 0 Å². The van der Waals surface area contributed by atoms with Gasteiger partial charge < -0.3 is 4.42 Å². The number of hydrogen-bond acceptors (Lipinski definition) is 2. The maximum atomic E-state index is 6.47. The van der Waals surface area contributed by atoms with Crippen molar-refractivity contribution in [2.45, 2.75) is 0 Å². The highest BCUT2D eigenvalue weighted by Gasteiger charge is 2.19. The van der Waals surface area contributed by atoms with Crippen LogP contribution in [-0.4, -0.2) is 4.98 Å². The van der Waals surface area contributed by atoms with E-state index < -0.39 is 0 Å². The van der Waals surface area contributed by atoms with E-state index in [1.165, 1.54) is 38.2 Å². The minimum Gasteiger partial charge on any atom is -0.455 e. The Hall–Kier alpha value is -6.77. The molecule has 0 bridgehead atoms. The van der Waals surface area contributed by atoms with Crippen molar-refractivity contribution in [3.8, 4) is 55.9 Å². The van der Waals surface area contributed by atoms with Crippen molar-refractivity contribution in [2.24, 2.45) is 0 Å². The second-order valence-electron chi connectivity index (χ2n) is 13.1. The van der Waals surface area contributed by atoms with Gasteiger partial charge in [0.2, 0.25) is 0 Å². The first kappa shape index (κ1) is 29.2. The topological polar surface area (TPSA) is 26.0 Å². The molecule has 10 rings (SSSR count). The summed E-state index contributed by atoms with van der Waals surface area (Å²) in [5.74, 6) is 0. The van der Waals surface area contributed by atoms with Gasteiger partial charge in [0.25, 0.3) is 0 Å². The third-order valence-electron chi connectivity index (χ3n) is 10.1. The molecule has 2 aromatic heterocycles. The first-order chi connectivity index (χ1) is 25.3. The van der Waals surface area contributed by atoms with Crippen LogP contribution in [-0.2, 0) is 0 Å². The second kappa shape index (κ2) is 12.0. The standard InChI is InChI=1S/C49H31NO/c1-3-15-32(16-4-1)44-30-36(31-45(50-44)33-17-5-2-6-18-33)48-41-24-9-7-22-39(41)47(40-23-8-10-25-42(40)48)35-20-13-19-34(29-35)37-26-14-27-43-38-21-11-12-28-46(38)51-49(37)43/h1-31H. The van der Waals surface area contributed by atoms with Crippen LogP contribution in [0.2, 0.25) is 0 Å². The Morgan fingerprint density at radius 3 is 1.37 bits per heavy atom. The lowest BCUT2D eigenvalue weighted by Gasteiger charge is -2.19. The molecular formula is C49H31NO. The van der Waals surface area contributed by atoms with E-state index in [4.69, 9.17) is 9.40 Å². The predicted molar refractivity (Wildman–Crippen MR) is 214 cm³/mol. The van der Waals surface area contributed by atoms with E-state index in [2.05, 4.69) is 176 Å². The molecule has 0 aliphatic heterocycles. The van der Waals surface area contributed by atoms with Crippen LogP contribution in [0.15, 0.2) is 192 Å². The lowest BCUT2D eigenvalue weighted by atomic mass is 9.85. The monoisotopic (exact) mass is 649 g/mol. The fraction of sp³-hybridized carbons (Fsp3) is 0. The third kappa shape index (κ3) is 4.92. The van der Waals surface area contributed by atoms with Gasteiger partial charge >= 0.3 is 0 Å². The summed E-state index contributed by atoms with van der Waals surface area (Å²) in [6.07, 6.45) is 0. The van der Waals surface area contributed by atoms with Gasteiger partial charge in [-0.25, -0.2) is 4.98 Å². The molecule has 0 saturated heterocycles. The Morgan fingerprint density at radius 2 is 0.765 bits per heavy atom. The van der Waals surface area contributed by atoms with E-state index >= 15 is 0 Å². The minimum atomic E-state index is 0.908. The van der Waals surface area contributed by atoms with Crippen LogP contribution in [0, 0.1) is 0 Å². The van der Waals surface area contributed by atoms with E-state index in [1.807, 2.05) is 12.1 Å². The van der Waals surface area contributed by atoms with Crippen molar-refractivity contribution < 1.29 is 4.42 Å². The molecule has 0 N–H and O–H groups in total. The second-order valence-corrected chi connectivity index (χ2v) is 13.1. The molecule has 0 aliphatic rings. The summed E-state index contributed by atoms with van der Waals surface area (Å²) < 4.78 is 6.47. The average Bonchev–Trinajstić information content (AvgIpc) is 3.59. The van der Waals surface area contributed by atoms with Gasteiger partial charge in [0.15, 0.2) is 0 Å². The maximum absolute atomic E-state index is 6.47. The van der Waals surface area contributed by atoms with Gasteiger partial charge in [-0.15, -0.1) is 0 Å². The third-order valence-corrected chi connectivity index (χ3v) is 10.1. The zero-order chi connectivity index (χ0) is 33.7. The number of furan rings is 1. The first-order valence-corrected chi connectivity index (χ1v) is 17.4. The normalized spacial score (nSPS) is 11.5. The fourth-order valence-corrected chi connectivity index (χ4v) is 7.76. The molecule has 0 radical (unpaired) electrons. The minimum absolute atomic E-state index is 0.908. The van der Waals surface area contributed by atoms with Gasteiger partial charge in [-0.3, -0.25) is 0 Å². The van der Waals surface area contributed by atoms with Gasteiger partial charge in [0, 0.05) is 27.5 Å². The van der Waals surface area contributed by atoms with E-state index in [-0.39, 0.29) is 0 Å². The highest BCUT2D eigenvalue weighted by atomic mass is 16.3. The van der Waals surface area contributed by atoms with E-state index in [0.29, 0.717) is 0 Å². The summed E-state index contributed by atoms with van der Waals surface area (Å²) in [5, 5.41) is 7.12. The number of rotatable bonds is 5. The predicted octanol–water partition coefficient (Wildman–Crippen LogP) is 13.6. The number of benzene rings is 8. The van der Waals surface area contributed by atoms with Gasteiger partial charge in [-0.05, 0) is 73.6 Å². The number of hydrogen-bond donors (Lipinski definition) is 0. The van der Waals surface area contributed by atoms with Gasteiger partial charge in [0.1, 0.15) is 11.2 Å². The molecule has 238 valence electrons. The molecule has 0 atom stereocenters. The van der Waals surface area contributed by atoms with Crippen LogP contribution in [0.25, 0.3) is 99.4 Å². The van der Waals surface area contributed by atoms with Crippen LogP contribution < -0.4 is 0 Å². The molecule has 2 heteroatoms. The Bertz CT molecular complexity index is 2790. The van der Waals surface area contributed by atoms with Crippen LogP contribution in [0.3, 0.4) is 0 Å². The Morgan fingerprint density at radius 1 is 0.314 bits per heavy atom. The van der Waals surface area contributed by atoms with Gasteiger partial charge in [-0.2, -0.15) is 0 Å². The van der Waals surface area contributed by atoms with Crippen molar-refractivity contribution >= 4 is 43.5 Å².